The van der Waals surface area contributed by atoms with Crippen LogP contribution in [-0.2, 0) is 0 Å². The molecule has 0 aromatic carbocycles. The summed E-state index contributed by atoms with van der Waals surface area (Å²) in [5, 5.41) is 4.55. The summed E-state index contributed by atoms with van der Waals surface area (Å²) in [4.78, 5) is 25.2. The molecule has 3 rings (SSSR count). The molecule has 1 amide bonds. The van der Waals surface area contributed by atoms with Gasteiger partial charge in [0, 0.05) is 23.3 Å². The van der Waals surface area contributed by atoms with Crippen molar-refractivity contribution in [2.45, 2.75) is 13.1 Å². The SMILES string of the molecule is Cc1nc(-c2cccnc2)sc1-c1nc(C(=O)NCC(F)(F)F)cs1. The third kappa shape index (κ3) is 4.20. The summed E-state index contributed by atoms with van der Waals surface area (Å²) in [5.41, 5.74) is 1.56. The number of thiazole rings is 2. The van der Waals surface area contributed by atoms with Gasteiger partial charge in [0.05, 0.1) is 10.6 Å². The van der Waals surface area contributed by atoms with Crippen LogP contribution in [0.25, 0.3) is 20.5 Å². The van der Waals surface area contributed by atoms with Crippen LogP contribution >= 0.6 is 22.7 Å². The smallest absolute Gasteiger partial charge is 0.342 e. The molecule has 0 aliphatic carbocycles. The average molecular weight is 384 g/mol. The zero-order valence-corrected chi connectivity index (χ0v) is 14.4. The van der Waals surface area contributed by atoms with Crippen LogP contribution in [0.2, 0.25) is 0 Å². The quantitative estimate of drug-likeness (QED) is 0.740. The summed E-state index contributed by atoms with van der Waals surface area (Å²) in [6, 6.07) is 3.69. The minimum Gasteiger partial charge on any atom is -0.342 e. The van der Waals surface area contributed by atoms with Gasteiger partial charge in [-0.05, 0) is 19.1 Å². The van der Waals surface area contributed by atoms with Gasteiger partial charge in [-0.1, -0.05) is 0 Å². The van der Waals surface area contributed by atoms with Crippen LogP contribution in [-0.4, -0.2) is 33.6 Å². The predicted octanol–water partition coefficient (Wildman–Crippen LogP) is 3.93. The molecule has 5 nitrogen and oxygen atoms in total. The van der Waals surface area contributed by atoms with Crippen LogP contribution in [0.3, 0.4) is 0 Å². The summed E-state index contributed by atoms with van der Waals surface area (Å²) in [6.45, 7) is 0.430. The lowest BCUT2D eigenvalue weighted by Gasteiger charge is -2.06. The van der Waals surface area contributed by atoms with Gasteiger partial charge in [0.15, 0.2) is 0 Å². The third-order valence-electron chi connectivity index (χ3n) is 3.09. The first-order valence-electron chi connectivity index (χ1n) is 7.02. The molecule has 0 bridgehead atoms. The Bertz CT molecular complexity index is 890. The molecule has 3 aromatic heterocycles. The fraction of sp³-hybridized carbons (Fsp3) is 0.200. The van der Waals surface area contributed by atoms with Crippen LogP contribution in [0.15, 0.2) is 29.9 Å². The number of pyridine rings is 1. The number of rotatable bonds is 4. The number of alkyl halides is 3. The van der Waals surface area contributed by atoms with Gasteiger partial charge in [-0.15, -0.1) is 22.7 Å². The molecule has 0 atom stereocenters. The van der Waals surface area contributed by atoms with Crippen molar-refractivity contribution in [3.63, 3.8) is 0 Å². The van der Waals surface area contributed by atoms with E-state index in [0.717, 1.165) is 21.1 Å². The van der Waals surface area contributed by atoms with Crippen molar-refractivity contribution in [1.29, 1.82) is 0 Å². The van der Waals surface area contributed by atoms with Crippen LogP contribution in [0, 0.1) is 6.92 Å². The maximum absolute atomic E-state index is 12.2. The second kappa shape index (κ2) is 6.89. The molecule has 130 valence electrons. The number of hydrogen-bond donors (Lipinski definition) is 1. The van der Waals surface area contributed by atoms with Crippen molar-refractivity contribution in [3.05, 3.63) is 41.3 Å². The summed E-state index contributed by atoms with van der Waals surface area (Å²) in [5.74, 6) is -0.852. The largest absolute Gasteiger partial charge is 0.405 e. The van der Waals surface area contributed by atoms with Crippen LogP contribution < -0.4 is 5.32 Å². The van der Waals surface area contributed by atoms with Gasteiger partial charge in [0.1, 0.15) is 22.3 Å². The number of nitrogens with zero attached hydrogens (tertiary/aromatic N) is 3. The van der Waals surface area contributed by atoms with E-state index in [9.17, 15) is 18.0 Å². The fourth-order valence-electron chi connectivity index (χ4n) is 1.96. The fourth-order valence-corrected chi connectivity index (χ4v) is 3.96. The Morgan fingerprint density at radius 3 is 2.76 bits per heavy atom. The maximum atomic E-state index is 12.2. The Morgan fingerprint density at radius 2 is 2.08 bits per heavy atom. The van der Waals surface area contributed by atoms with E-state index in [1.54, 1.807) is 18.5 Å². The van der Waals surface area contributed by atoms with Crippen molar-refractivity contribution < 1.29 is 18.0 Å². The molecule has 0 saturated heterocycles. The summed E-state index contributed by atoms with van der Waals surface area (Å²) < 4.78 is 36.5. The number of carbonyl (C=O) groups is 1. The molecule has 0 saturated carbocycles. The Kier molecular flexibility index (Phi) is 4.82. The molecule has 0 aliphatic heterocycles. The van der Waals surface area contributed by atoms with Gasteiger partial charge >= 0.3 is 6.18 Å². The normalized spacial score (nSPS) is 11.5. The van der Waals surface area contributed by atoms with E-state index in [2.05, 4.69) is 15.0 Å². The first kappa shape index (κ1) is 17.5. The standard InChI is InChI=1S/C15H11F3N4OS2/c1-8-11(25-13(21-8)9-3-2-4-19-5-9)14-22-10(6-24-14)12(23)20-7-15(16,17)18/h2-6H,7H2,1H3,(H,20,23). The van der Waals surface area contributed by atoms with E-state index in [-0.39, 0.29) is 5.69 Å². The third-order valence-corrected chi connectivity index (χ3v) is 5.29. The Hall–Kier alpha value is -2.33. The van der Waals surface area contributed by atoms with Crippen LogP contribution in [0.4, 0.5) is 13.2 Å². The maximum Gasteiger partial charge on any atom is 0.405 e. The molecule has 0 spiro atoms. The summed E-state index contributed by atoms with van der Waals surface area (Å²) in [7, 11) is 0. The topological polar surface area (TPSA) is 67.8 Å². The summed E-state index contributed by atoms with van der Waals surface area (Å²) in [6.07, 6.45) is -1.10. The molecule has 0 aliphatic rings. The molecule has 0 radical (unpaired) electrons. The molecule has 0 fully saturated rings. The number of halogens is 3. The molecule has 3 aromatic rings. The minimum atomic E-state index is -4.46. The lowest BCUT2D eigenvalue weighted by molar-refractivity contribution is -0.123. The van der Waals surface area contributed by atoms with E-state index in [1.165, 1.54) is 28.1 Å². The highest BCUT2D eigenvalue weighted by Crippen LogP contribution is 2.36. The van der Waals surface area contributed by atoms with Gasteiger partial charge < -0.3 is 5.32 Å². The zero-order valence-electron chi connectivity index (χ0n) is 12.8. The van der Waals surface area contributed by atoms with Crippen molar-refractivity contribution in [2.24, 2.45) is 0 Å². The summed E-state index contributed by atoms with van der Waals surface area (Å²) >= 11 is 2.58. The van der Waals surface area contributed by atoms with E-state index in [1.807, 2.05) is 18.3 Å². The van der Waals surface area contributed by atoms with Gasteiger partial charge in [-0.25, -0.2) is 9.97 Å². The molecule has 10 heteroatoms. The predicted molar refractivity (Wildman–Crippen MR) is 89.6 cm³/mol. The second-order valence-corrected chi connectivity index (χ2v) is 6.87. The Balaban J connectivity index is 1.81. The first-order valence-corrected chi connectivity index (χ1v) is 8.72. The molecule has 3 heterocycles. The minimum absolute atomic E-state index is 0.0417. The first-order chi connectivity index (χ1) is 11.8. The Morgan fingerprint density at radius 1 is 1.28 bits per heavy atom. The van der Waals surface area contributed by atoms with E-state index < -0.39 is 18.6 Å². The van der Waals surface area contributed by atoms with Crippen molar-refractivity contribution in [2.75, 3.05) is 6.54 Å². The van der Waals surface area contributed by atoms with E-state index in [4.69, 9.17) is 0 Å². The Labute approximate surface area is 148 Å². The van der Waals surface area contributed by atoms with Gasteiger partial charge in [-0.2, -0.15) is 13.2 Å². The second-order valence-electron chi connectivity index (χ2n) is 5.01. The molecule has 1 N–H and O–H groups in total. The number of carbonyl (C=O) groups excluding carboxylic acids is 1. The molecule has 0 unspecified atom stereocenters. The van der Waals surface area contributed by atoms with Gasteiger partial charge in [0.25, 0.3) is 5.91 Å². The molecular formula is C15H11F3N4OS2. The number of aryl methyl sites for hydroxylation is 1. The van der Waals surface area contributed by atoms with E-state index in [0.29, 0.717) is 5.01 Å². The van der Waals surface area contributed by atoms with Crippen molar-refractivity contribution in [1.82, 2.24) is 20.3 Å². The van der Waals surface area contributed by atoms with Gasteiger partial charge in [-0.3, -0.25) is 9.78 Å². The number of aromatic nitrogens is 3. The van der Waals surface area contributed by atoms with Gasteiger partial charge in [0.2, 0.25) is 0 Å². The highest BCUT2D eigenvalue weighted by molar-refractivity contribution is 7.23. The lowest BCUT2D eigenvalue weighted by atomic mass is 10.3. The lowest BCUT2D eigenvalue weighted by Crippen LogP contribution is -2.33. The number of hydrogen-bond acceptors (Lipinski definition) is 6. The van der Waals surface area contributed by atoms with Crippen molar-refractivity contribution >= 4 is 28.6 Å². The average Bonchev–Trinajstić information content (AvgIpc) is 3.19. The van der Waals surface area contributed by atoms with Crippen LogP contribution in [0.5, 0.6) is 0 Å². The zero-order chi connectivity index (χ0) is 18.0. The number of amides is 1. The van der Waals surface area contributed by atoms with Crippen LogP contribution in [0.1, 0.15) is 16.2 Å². The monoisotopic (exact) mass is 384 g/mol. The van der Waals surface area contributed by atoms with Crippen molar-refractivity contribution in [3.8, 4) is 20.5 Å². The van der Waals surface area contributed by atoms with E-state index >= 15 is 0 Å². The highest BCUT2D eigenvalue weighted by Gasteiger charge is 2.28. The molecule has 25 heavy (non-hydrogen) atoms. The highest BCUT2D eigenvalue weighted by atomic mass is 32.1. The number of nitrogens with one attached hydrogen (secondary N) is 1. The molecular weight excluding hydrogens is 373 g/mol.